The molecule has 2 aromatic heterocycles. The second-order valence-electron chi connectivity index (χ2n) is 4.20. The van der Waals surface area contributed by atoms with E-state index in [0.717, 1.165) is 37.6 Å². The smallest absolute Gasteiger partial charge is 0.180 e. The van der Waals surface area contributed by atoms with E-state index < -0.39 is 0 Å². The number of fused-ring (bicyclic) bond motifs is 1. The van der Waals surface area contributed by atoms with Gasteiger partial charge in [-0.3, -0.25) is 4.98 Å². The highest BCUT2D eigenvalue weighted by Crippen LogP contribution is 2.10. The van der Waals surface area contributed by atoms with Crippen LogP contribution in [0.3, 0.4) is 0 Å². The average Bonchev–Trinajstić information content (AvgIpc) is 2.46. The van der Waals surface area contributed by atoms with Crippen molar-refractivity contribution < 1.29 is 4.74 Å². The van der Waals surface area contributed by atoms with E-state index >= 15 is 0 Å². The van der Waals surface area contributed by atoms with Crippen LogP contribution in [0.4, 0.5) is 5.82 Å². The Morgan fingerprint density at radius 2 is 2.28 bits per heavy atom. The number of hydrogen-bond donors (Lipinski definition) is 2. The molecule has 6 heteroatoms. The third kappa shape index (κ3) is 2.55. The first-order valence-corrected chi connectivity index (χ1v) is 6.04. The molecule has 0 radical (unpaired) electrons. The molecular weight excluding hydrogens is 230 g/mol. The fourth-order valence-electron chi connectivity index (χ4n) is 1.93. The Hall–Kier alpha value is -1.79. The summed E-state index contributed by atoms with van der Waals surface area (Å²) < 4.78 is 5.40. The molecule has 6 nitrogen and oxygen atoms in total. The number of ether oxygens (including phenoxy) is 1. The summed E-state index contributed by atoms with van der Waals surface area (Å²) in [6.45, 7) is 3.22. The fourth-order valence-corrected chi connectivity index (χ4v) is 1.93. The van der Waals surface area contributed by atoms with Gasteiger partial charge >= 0.3 is 0 Å². The molecule has 1 aliphatic heterocycles. The van der Waals surface area contributed by atoms with E-state index in [-0.39, 0.29) is 0 Å². The normalized spacial score (nSPS) is 19.9. The number of anilines is 1. The molecule has 3 heterocycles. The summed E-state index contributed by atoms with van der Waals surface area (Å²) in [5, 5.41) is 6.67. The van der Waals surface area contributed by atoms with Crippen molar-refractivity contribution in [2.45, 2.75) is 6.04 Å². The number of hydrogen-bond acceptors (Lipinski definition) is 6. The van der Waals surface area contributed by atoms with Gasteiger partial charge in [0.15, 0.2) is 5.65 Å². The molecule has 18 heavy (non-hydrogen) atoms. The lowest BCUT2D eigenvalue weighted by atomic mass is 10.3. The number of aromatic nitrogens is 3. The Morgan fingerprint density at radius 1 is 1.33 bits per heavy atom. The van der Waals surface area contributed by atoms with Gasteiger partial charge < -0.3 is 15.4 Å². The molecular formula is C12H15N5O. The number of rotatable bonds is 3. The maximum atomic E-state index is 5.40. The van der Waals surface area contributed by atoms with E-state index in [1.54, 1.807) is 12.4 Å². The van der Waals surface area contributed by atoms with Crippen molar-refractivity contribution in [1.82, 2.24) is 20.3 Å². The van der Waals surface area contributed by atoms with Gasteiger partial charge in [0.1, 0.15) is 11.3 Å². The van der Waals surface area contributed by atoms with Crippen molar-refractivity contribution in [1.29, 1.82) is 0 Å². The van der Waals surface area contributed by atoms with E-state index in [4.69, 9.17) is 4.74 Å². The van der Waals surface area contributed by atoms with Crippen LogP contribution in [0.25, 0.3) is 11.2 Å². The molecule has 1 saturated heterocycles. The molecule has 0 aliphatic carbocycles. The zero-order valence-corrected chi connectivity index (χ0v) is 9.97. The second-order valence-corrected chi connectivity index (χ2v) is 4.20. The van der Waals surface area contributed by atoms with Crippen molar-refractivity contribution in [2.75, 3.05) is 31.6 Å². The lowest BCUT2D eigenvalue weighted by Gasteiger charge is -2.24. The SMILES string of the molecule is c1cnc2nc(NCC3COCCN3)ccc2n1. The van der Waals surface area contributed by atoms with Crippen LogP contribution in [-0.2, 0) is 4.74 Å². The Balaban J connectivity index is 1.66. The summed E-state index contributed by atoms with van der Waals surface area (Å²) in [5.41, 5.74) is 1.47. The van der Waals surface area contributed by atoms with Crippen LogP contribution < -0.4 is 10.6 Å². The second kappa shape index (κ2) is 5.24. The number of nitrogens with one attached hydrogen (secondary N) is 2. The quantitative estimate of drug-likeness (QED) is 0.817. The highest BCUT2D eigenvalue weighted by atomic mass is 16.5. The summed E-state index contributed by atoms with van der Waals surface area (Å²) in [6, 6.07) is 4.17. The molecule has 0 spiro atoms. The van der Waals surface area contributed by atoms with Gasteiger partial charge in [0, 0.05) is 31.5 Å². The predicted octanol–water partition coefficient (Wildman–Crippen LogP) is 0.425. The minimum Gasteiger partial charge on any atom is -0.378 e. The van der Waals surface area contributed by atoms with E-state index in [9.17, 15) is 0 Å². The first kappa shape index (κ1) is 11.3. The molecule has 2 aromatic rings. The molecule has 94 valence electrons. The third-order valence-corrected chi connectivity index (χ3v) is 2.86. The first-order chi connectivity index (χ1) is 8.92. The molecule has 0 aromatic carbocycles. The molecule has 1 unspecified atom stereocenters. The summed E-state index contributed by atoms with van der Waals surface area (Å²) in [5.74, 6) is 0.815. The van der Waals surface area contributed by atoms with E-state index in [1.165, 1.54) is 0 Å². The lowest BCUT2D eigenvalue weighted by molar-refractivity contribution is 0.0806. The summed E-state index contributed by atoms with van der Waals surface area (Å²) in [4.78, 5) is 12.8. The van der Waals surface area contributed by atoms with Gasteiger partial charge in [-0.15, -0.1) is 0 Å². The van der Waals surface area contributed by atoms with Crippen LogP contribution in [0.1, 0.15) is 0 Å². The summed E-state index contributed by atoms with van der Waals surface area (Å²) >= 11 is 0. The van der Waals surface area contributed by atoms with Gasteiger partial charge in [0.25, 0.3) is 0 Å². The molecule has 0 amide bonds. The topological polar surface area (TPSA) is 72.0 Å². The van der Waals surface area contributed by atoms with Gasteiger partial charge in [-0.25, -0.2) is 9.97 Å². The van der Waals surface area contributed by atoms with Crippen molar-refractivity contribution in [3.63, 3.8) is 0 Å². The summed E-state index contributed by atoms with van der Waals surface area (Å²) in [6.07, 6.45) is 3.32. The Bertz CT molecular complexity index is 527. The van der Waals surface area contributed by atoms with Gasteiger partial charge in [0.2, 0.25) is 0 Å². The largest absolute Gasteiger partial charge is 0.378 e. The molecule has 0 saturated carbocycles. The van der Waals surface area contributed by atoms with Crippen molar-refractivity contribution >= 4 is 17.0 Å². The van der Waals surface area contributed by atoms with Crippen LogP contribution >= 0.6 is 0 Å². The molecule has 2 N–H and O–H groups in total. The average molecular weight is 245 g/mol. The van der Waals surface area contributed by atoms with Gasteiger partial charge in [-0.1, -0.05) is 0 Å². The Morgan fingerprint density at radius 3 is 3.17 bits per heavy atom. The molecule has 1 atom stereocenters. The first-order valence-electron chi connectivity index (χ1n) is 6.04. The van der Waals surface area contributed by atoms with Crippen LogP contribution in [-0.4, -0.2) is 47.3 Å². The third-order valence-electron chi connectivity index (χ3n) is 2.86. The highest BCUT2D eigenvalue weighted by Gasteiger charge is 2.12. The fraction of sp³-hybridized carbons (Fsp3) is 0.417. The number of nitrogens with zero attached hydrogens (tertiary/aromatic N) is 3. The molecule has 1 aliphatic rings. The van der Waals surface area contributed by atoms with E-state index in [0.29, 0.717) is 11.7 Å². The van der Waals surface area contributed by atoms with Gasteiger partial charge in [-0.2, -0.15) is 0 Å². The molecule has 0 bridgehead atoms. The van der Waals surface area contributed by atoms with Crippen LogP contribution in [0.2, 0.25) is 0 Å². The van der Waals surface area contributed by atoms with Gasteiger partial charge in [-0.05, 0) is 12.1 Å². The summed E-state index contributed by atoms with van der Waals surface area (Å²) in [7, 11) is 0. The maximum Gasteiger partial charge on any atom is 0.180 e. The minimum absolute atomic E-state index is 0.332. The monoisotopic (exact) mass is 245 g/mol. The zero-order chi connectivity index (χ0) is 12.2. The zero-order valence-electron chi connectivity index (χ0n) is 9.97. The van der Waals surface area contributed by atoms with Crippen LogP contribution in [0.15, 0.2) is 24.5 Å². The highest BCUT2D eigenvalue weighted by molar-refractivity contribution is 5.71. The van der Waals surface area contributed by atoms with E-state index in [1.807, 2.05) is 12.1 Å². The lowest BCUT2D eigenvalue weighted by Crippen LogP contribution is -2.45. The van der Waals surface area contributed by atoms with Crippen molar-refractivity contribution in [2.24, 2.45) is 0 Å². The predicted molar refractivity (Wildman–Crippen MR) is 68.4 cm³/mol. The molecule has 3 rings (SSSR count). The number of morpholine rings is 1. The standard InChI is InChI=1S/C12H15N5O/c1-2-11(16-7-9-8-18-6-5-13-9)17-12-10(1)14-3-4-15-12/h1-4,9,13H,5-8H2,(H,15,16,17). The minimum atomic E-state index is 0.332. The molecule has 1 fully saturated rings. The maximum absolute atomic E-state index is 5.40. The van der Waals surface area contributed by atoms with Crippen molar-refractivity contribution in [3.8, 4) is 0 Å². The van der Waals surface area contributed by atoms with Crippen molar-refractivity contribution in [3.05, 3.63) is 24.5 Å². The number of pyridine rings is 1. The van der Waals surface area contributed by atoms with E-state index in [2.05, 4.69) is 25.6 Å². The van der Waals surface area contributed by atoms with Gasteiger partial charge in [0.05, 0.1) is 13.2 Å². The van der Waals surface area contributed by atoms with Crippen LogP contribution in [0, 0.1) is 0 Å². The van der Waals surface area contributed by atoms with Crippen LogP contribution in [0.5, 0.6) is 0 Å². The Labute approximate surface area is 105 Å². The Kier molecular flexibility index (Phi) is 3.29.